The molecule has 6 atom stereocenters. The zero-order valence-electron chi connectivity index (χ0n) is 12.9. The molecule has 3 saturated carbocycles. The number of fused-ring (bicyclic) bond motifs is 5. The molecule has 1 nitrogen and oxygen atoms in total. The largest absolute Gasteiger partial charge is 0.390 e. The van der Waals surface area contributed by atoms with Gasteiger partial charge >= 0.3 is 0 Å². The summed E-state index contributed by atoms with van der Waals surface area (Å²) in [7, 11) is 0. The molecular weight excluding hydrogens is 232 g/mol. The summed E-state index contributed by atoms with van der Waals surface area (Å²) in [5.41, 5.74) is -0.273. The topological polar surface area (TPSA) is 20.2 Å². The Labute approximate surface area is 119 Å². The quantitative estimate of drug-likeness (QED) is 0.732. The van der Waals surface area contributed by atoms with Gasteiger partial charge in [-0.2, -0.15) is 0 Å². The molecule has 2 bridgehead atoms. The summed E-state index contributed by atoms with van der Waals surface area (Å²) in [6.07, 6.45) is 13.2. The van der Waals surface area contributed by atoms with Crippen LogP contribution < -0.4 is 0 Å². The smallest absolute Gasteiger partial charge is 0.0684 e. The van der Waals surface area contributed by atoms with Gasteiger partial charge in [0.1, 0.15) is 0 Å². The molecule has 19 heavy (non-hydrogen) atoms. The van der Waals surface area contributed by atoms with E-state index in [2.05, 4.69) is 13.8 Å². The molecule has 0 spiro atoms. The molecule has 0 amide bonds. The minimum atomic E-state index is -0.273. The average Bonchev–Trinajstić information content (AvgIpc) is 3.05. The summed E-state index contributed by atoms with van der Waals surface area (Å²) in [4.78, 5) is 0. The third kappa shape index (κ3) is 2.37. The van der Waals surface area contributed by atoms with Crippen LogP contribution in [0.5, 0.6) is 0 Å². The fourth-order valence-corrected chi connectivity index (χ4v) is 5.91. The summed E-state index contributed by atoms with van der Waals surface area (Å²) >= 11 is 0. The van der Waals surface area contributed by atoms with Crippen LogP contribution in [0.2, 0.25) is 0 Å². The van der Waals surface area contributed by atoms with E-state index in [1.54, 1.807) is 0 Å². The Morgan fingerprint density at radius 1 is 1.21 bits per heavy atom. The standard InChI is InChI=1S/C18H32O/c1-3-5-7-13(4-2)11-18(19)12-14-10-17(18)16-9-6-8-15(14)16/h13-17,19H,3-12H2,1-2H3. The Bertz CT molecular complexity index is 313. The fourth-order valence-electron chi connectivity index (χ4n) is 5.91. The molecule has 0 aromatic heterocycles. The lowest BCUT2D eigenvalue weighted by molar-refractivity contribution is -0.0640. The highest BCUT2D eigenvalue weighted by atomic mass is 16.3. The lowest BCUT2D eigenvalue weighted by Crippen LogP contribution is -2.42. The van der Waals surface area contributed by atoms with Crippen LogP contribution in [0.25, 0.3) is 0 Å². The van der Waals surface area contributed by atoms with Gasteiger partial charge in [-0.05, 0) is 61.7 Å². The molecule has 0 heterocycles. The van der Waals surface area contributed by atoms with E-state index in [9.17, 15) is 5.11 Å². The van der Waals surface area contributed by atoms with Gasteiger partial charge in [-0.25, -0.2) is 0 Å². The Morgan fingerprint density at radius 2 is 2.00 bits per heavy atom. The van der Waals surface area contributed by atoms with Crippen molar-refractivity contribution in [3.05, 3.63) is 0 Å². The summed E-state index contributed by atoms with van der Waals surface area (Å²) in [5.74, 6) is 4.21. The molecular formula is C18H32O. The van der Waals surface area contributed by atoms with Crippen LogP contribution in [0.4, 0.5) is 0 Å². The van der Waals surface area contributed by atoms with Crippen molar-refractivity contribution in [2.75, 3.05) is 0 Å². The second kappa shape index (κ2) is 5.39. The highest BCUT2D eigenvalue weighted by Crippen LogP contribution is 2.63. The van der Waals surface area contributed by atoms with E-state index < -0.39 is 0 Å². The van der Waals surface area contributed by atoms with Crippen molar-refractivity contribution in [1.82, 2.24) is 0 Å². The van der Waals surface area contributed by atoms with Crippen LogP contribution in [0.1, 0.15) is 78.1 Å². The third-order valence-electron chi connectivity index (χ3n) is 6.80. The van der Waals surface area contributed by atoms with E-state index in [1.807, 2.05) is 0 Å². The second-order valence-corrected chi connectivity index (χ2v) is 7.79. The van der Waals surface area contributed by atoms with Gasteiger partial charge in [0.25, 0.3) is 0 Å². The summed E-state index contributed by atoms with van der Waals surface area (Å²) < 4.78 is 0. The van der Waals surface area contributed by atoms with Crippen molar-refractivity contribution < 1.29 is 5.11 Å². The Hall–Kier alpha value is -0.0400. The first-order chi connectivity index (χ1) is 9.18. The van der Waals surface area contributed by atoms with Crippen LogP contribution in [0.15, 0.2) is 0 Å². The summed E-state index contributed by atoms with van der Waals surface area (Å²) in [5, 5.41) is 11.2. The normalized spacial score (nSPS) is 45.6. The molecule has 6 unspecified atom stereocenters. The lowest BCUT2D eigenvalue weighted by atomic mass is 9.69. The van der Waals surface area contributed by atoms with Crippen LogP contribution in [0, 0.1) is 29.6 Å². The SMILES string of the molecule is CCCCC(CC)CC1(O)CC2CC1C1CCCC21. The monoisotopic (exact) mass is 264 g/mol. The Balaban J connectivity index is 1.64. The zero-order chi connectivity index (χ0) is 13.5. The maximum absolute atomic E-state index is 11.2. The van der Waals surface area contributed by atoms with Gasteiger partial charge in [0.15, 0.2) is 0 Å². The minimum Gasteiger partial charge on any atom is -0.390 e. The number of hydrogen-bond acceptors (Lipinski definition) is 1. The molecule has 0 aromatic rings. The average molecular weight is 264 g/mol. The molecule has 3 aliphatic rings. The van der Waals surface area contributed by atoms with Crippen molar-refractivity contribution in [1.29, 1.82) is 0 Å². The first kappa shape index (κ1) is 13.9. The van der Waals surface area contributed by atoms with Crippen molar-refractivity contribution >= 4 is 0 Å². The molecule has 3 fully saturated rings. The molecule has 0 saturated heterocycles. The highest BCUT2D eigenvalue weighted by Gasteiger charge is 2.60. The summed E-state index contributed by atoms with van der Waals surface area (Å²) in [6, 6.07) is 0. The molecule has 0 radical (unpaired) electrons. The van der Waals surface area contributed by atoms with Gasteiger partial charge in [-0.1, -0.05) is 46.0 Å². The second-order valence-electron chi connectivity index (χ2n) is 7.79. The van der Waals surface area contributed by atoms with Crippen LogP contribution in [-0.4, -0.2) is 10.7 Å². The van der Waals surface area contributed by atoms with E-state index in [0.29, 0.717) is 5.92 Å². The van der Waals surface area contributed by atoms with Gasteiger partial charge < -0.3 is 5.11 Å². The Morgan fingerprint density at radius 3 is 2.74 bits per heavy atom. The third-order valence-corrected chi connectivity index (χ3v) is 6.80. The minimum absolute atomic E-state index is 0.273. The highest BCUT2D eigenvalue weighted by molar-refractivity contribution is 5.10. The van der Waals surface area contributed by atoms with E-state index >= 15 is 0 Å². The van der Waals surface area contributed by atoms with Crippen molar-refractivity contribution in [3.8, 4) is 0 Å². The Kier molecular flexibility index (Phi) is 3.95. The molecule has 0 aliphatic heterocycles. The van der Waals surface area contributed by atoms with Crippen molar-refractivity contribution in [2.24, 2.45) is 29.6 Å². The first-order valence-electron chi connectivity index (χ1n) is 8.90. The van der Waals surface area contributed by atoms with Gasteiger partial charge in [0, 0.05) is 0 Å². The number of hydrogen-bond donors (Lipinski definition) is 1. The van der Waals surface area contributed by atoms with E-state index in [1.165, 1.54) is 51.4 Å². The number of rotatable bonds is 6. The van der Waals surface area contributed by atoms with Crippen molar-refractivity contribution in [3.63, 3.8) is 0 Å². The summed E-state index contributed by atoms with van der Waals surface area (Å²) in [6.45, 7) is 4.59. The van der Waals surface area contributed by atoms with Crippen LogP contribution >= 0.6 is 0 Å². The van der Waals surface area contributed by atoms with Gasteiger partial charge in [0.2, 0.25) is 0 Å². The predicted molar refractivity (Wildman–Crippen MR) is 79.9 cm³/mol. The van der Waals surface area contributed by atoms with Gasteiger partial charge in [-0.3, -0.25) is 0 Å². The zero-order valence-corrected chi connectivity index (χ0v) is 12.9. The molecule has 3 rings (SSSR count). The molecule has 3 aliphatic carbocycles. The van der Waals surface area contributed by atoms with E-state index in [-0.39, 0.29) is 5.60 Å². The molecule has 1 N–H and O–H groups in total. The van der Waals surface area contributed by atoms with Crippen molar-refractivity contribution in [2.45, 2.75) is 83.7 Å². The number of unbranched alkanes of at least 4 members (excludes halogenated alkanes) is 1. The van der Waals surface area contributed by atoms with Crippen LogP contribution in [0.3, 0.4) is 0 Å². The number of aliphatic hydroxyl groups is 1. The first-order valence-corrected chi connectivity index (χ1v) is 8.90. The lowest BCUT2D eigenvalue weighted by Gasteiger charge is -2.41. The molecule has 0 aromatic carbocycles. The maximum atomic E-state index is 11.2. The van der Waals surface area contributed by atoms with Crippen LogP contribution in [-0.2, 0) is 0 Å². The predicted octanol–water partition coefficient (Wildman–Crippen LogP) is 4.78. The van der Waals surface area contributed by atoms with Gasteiger partial charge in [0.05, 0.1) is 5.60 Å². The van der Waals surface area contributed by atoms with E-state index in [4.69, 9.17) is 0 Å². The van der Waals surface area contributed by atoms with Gasteiger partial charge in [-0.15, -0.1) is 0 Å². The molecule has 1 heteroatoms. The fraction of sp³-hybridized carbons (Fsp3) is 1.00. The maximum Gasteiger partial charge on any atom is 0.0684 e. The molecule has 110 valence electrons. The van der Waals surface area contributed by atoms with E-state index in [0.717, 1.165) is 36.5 Å².